The average molecular weight is 433 g/mol. The molecule has 4 rings (SSSR count). The Bertz CT molecular complexity index is 1090. The first-order valence-electron chi connectivity index (χ1n) is 10.1. The van der Waals surface area contributed by atoms with Crippen molar-refractivity contribution in [3.8, 4) is 11.5 Å². The quantitative estimate of drug-likeness (QED) is 0.621. The van der Waals surface area contributed by atoms with E-state index in [4.69, 9.17) is 21.7 Å². The topological polar surface area (TPSA) is 50.8 Å². The summed E-state index contributed by atoms with van der Waals surface area (Å²) in [4.78, 5) is 14.8. The highest BCUT2D eigenvalue weighted by Gasteiger charge is 2.32. The zero-order valence-corrected chi connectivity index (χ0v) is 18.3. The summed E-state index contributed by atoms with van der Waals surface area (Å²) in [5.41, 5.74) is 3.93. The van der Waals surface area contributed by atoms with Crippen molar-refractivity contribution < 1.29 is 14.3 Å². The van der Waals surface area contributed by atoms with E-state index in [9.17, 15) is 4.79 Å². The maximum atomic E-state index is 12.7. The van der Waals surface area contributed by atoms with E-state index >= 15 is 0 Å². The highest BCUT2D eigenvalue weighted by molar-refractivity contribution is 7.80. The number of carbonyl (C=O) groups excluding carboxylic acids is 1. The lowest BCUT2D eigenvalue weighted by molar-refractivity contribution is 0.0972. The van der Waals surface area contributed by atoms with Gasteiger partial charge in [-0.05, 0) is 59.6 Å². The van der Waals surface area contributed by atoms with Crippen LogP contribution < -0.4 is 14.8 Å². The van der Waals surface area contributed by atoms with Gasteiger partial charge in [0, 0.05) is 12.1 Å². The average Bonchev–Trinajstić information content (AvgIpc) is 2.83. The minimum absolute atomic E-state index is 0.145. The maximum Gasteiger partial charge on any atom is 0.257 e. The van der Waals surface area contributed by atoms with Crippen LogP contribution in [0.2, 0.25) is 0 Å². The van der Waals surface area contributed by atoms with Gasteiger partial charge in [-0.2, -0.15) is 0 Å². The summed E-state index contributed by atoms with van der Waals surface area (Å²) in [6.45, 7) is 0.677. The molecule has 1 aliphatic heterocycles. The Morgan fingerprint density at radius 2 is 1.58 bits per heavy atom. The lowest BCUT2D eigenvalue weighted by Gasteiger charge is -2.39. The van der Waals surface area contributed by atoms with Crippen molar-refractivity contribution in [2.45, 2.75) is 12.5 Å². The summed E-state index contributed by atoms with van der Waals surface area (Å²) in [5.74, 6) is 1.17. The summed E-state index contributed by atoms with van der Waals surface area (Å²) >= 11 is 5.70. The highest BCUT2D eigenvalue weighted by atomic mass is 32.1. The van der Waals surface area contributed by atoms with E-state index < -0.39 is 0 Å². The molecule has 0 bridgehead atoms. The zero-order chi connectivity index (χ0) is 21.8. The van der Waals surface area contributed by atoms with Gasteiger partial charge in [-0.25, -0.2) is 0 Å². The van der Waals surface area contributed by atoms with Crippen LogP contribution in [0.3, 0.4) is 0 Å². The lowest BCUT2D eigenvalue weighted by Crippen LogP contribution is -2.47. The number of fused-ring (bicyclic) bond motifs is 1. The van der Waals surface area contributed by atoms with Crippen molar-refractivity contribution in [3.05, 3.63) is 95.1 Å². The number of rotatable bonds is 4. The van der Waals surface area contributed by atoms with Gasteiger partial charge in [0.05, 0.1) is 20.3 Å². The third-order valence-corrected chi connectivity index (χ3v) is 5.84. The molecule has 1 atom stereocenters. The highest BCUT2D eigenvalue weighted by Crippen LogP contribution is 2.41. The van der Waals surface area contributed by atoms with E-state index in [1.54, 1.807) is 26.4 Å². The van der Waals surface area contributed by atoms with E-state index in [-0.39, 0.29) is 11.9 Å². The first-order chi connectivity index (χ1) is 15.1. The van der Waals surface area contributed by atoms with E-state index in [1.165, 1.54) is 5.56 Å². The first kappa shape index (κ1) is 20.9. The Morgan fingerprint density at radius 3 is 2.23 bits per heavy atom. The molecule has 0 aromatic heterocycles. The number of hydrogen-bond donors (Lipinski definition) is 1. The fourth-order valence-corrected chi connectivity index (χ4v) is 4.28. The van der Waals surface area contributed by atoms with Crippen molar-refractivity contribution in [1.29, 1.82) is 0 Å². The van der Waals surface area contributed by atoms with Crippen molar-refractivity contribution in [2.75, 3.05) is 20.8 Å². The van der Waals surface area contributed by atoms with Gasteiger partial charge in [0.15, 0.2) is 16.6 Å². The SMILES string of the molecule is COc1cc2c(cc1OC)C(c1ccccc1)N(C(=S)NC(=O)c1ccccc1)CC2. The van der Waals surface area contributed by atoms with Crippen molar-refractivity contribution in [2.24, 2.45) is 0 Å². The van der Waals surface area contributed by atoms with Gasteiger partial charge in [-0.15, -0.1) is 0 Å². The number of methoxy groups -OCH3 is 2. The molecule has 3 aromatic rings. The second-order valence-corrected chi connectivity index (χ2v) is 7.67. The van der Waals surface area contributed by atoms with Crippen LogP contribution in [0.15, 0.2) is 72.8 Å². The van der Waals surface area contributed by atoms with Gasteiger partial charge in [-0.3, -0.25) is 10.1 Å². The van der Waals surface area contributed by atoms with Gasteiger partial charge in [0.25, 0.3) is 5.91 Å². The van der Waals surface area contributed by atoms with Crippen LogP contribution in [0.1, 0.15) is 33.1 Å². The van der Waals surface area contributed by atoms with Crippen LogP contribution in [-0.2, 0) is 6.42 Å². The van der Waals surface area contributed by atoms with Crippen LogP contribution in [0.5, 0.6) is 11.5 Å². The molecule has 0 saturated heterocycles. The fraction of sp³-hybridized carbons (Fsp3) is 0.200. The van der Waals surface area contributed by atoms with Crippen LogP contribution in [0.25, 0.3) is 0 Å². The van der Waals surface area contributed by atoms with Gasteiger partial charge in [0.2, 0.25) is 0 Å². The number of nitrogens with zero attached hydrogens (tertiary/aromatic N) is 1. The Hall–Kier alpha value is -3.38. The largest absolute Gasteiger partial charge is 0.493 e. The van der Waals surface area contributed by atoms with E-state index in [0.29, 0.717) is 28.7 Å². The van der Waals surface area contributed by atoms with Crippen LogP contribution in [0, 0.1) is 0 Å². The molecule has 1 aliphatic rings. The summed E-state index contributed by atoms with van der Waals surface area (Å²) in [5, 5.41) is 3.32. The zero-order valence-electron chi connectivity index (χ0n) is 17.5. The van der Waals surface area contributed by atoms with Gasteiger partial charge in [0.1, 0.15) is 0 Å². The molecule has 0 saturated carbocycles. The molecular weight excluding hydrogens is 408 g/mol. The van der Waals surface area contributed by atoms with Crippen LogP contribution in [0.4, 0.5) is 0 Å². The number of thiocarbonyl (C=S) groups is 1. The van der Waals surface area contributed by atoms with Crippen LogP contribution >= 0.6 is 12.2 Å². The molecular formula is C25H24N2O3S. The molecule has 1 unspecified atom stereocenters. The molecule has 1 amide bonds. The summed E-state index contributed by atoms with van der Waals surface area (Å²) in [6, 6.07) is 23.2. The normalized spacial score (nSPS) is 15.0. The molecule has 158 valence electrons. The molecule has 6 heteroatoms. The molecule has 0 fully saturated rings. The predicted molar refractivity (Wildman–Crippen MR) is 125 cm³/mol. The maximum absolute atomic E-state index is 12.7. The molecule has 0 aliphatic carbocycles. The Labute approximate surface area is 187 Å². The van der Waals surface area contributed by atoms with Crippen molar-refractivity contribution in [3.63, 3.8) is 0 Å². The second kappa shape index (κ2) is 9.18. The Balaban J connectivity index is 1.71. The number of hydrogen-bond acceptors (Lipinski definition) is 4. The number of ether oxygens (including phenoxy) is 2. The minimum Gasteiger partial charge on any atom is -0.493 e. The third kappa shape index (κ3) is 4.25. The fourth-order valence-electron chi connectivity index (χ4n) is 3.99. The number of nitrogens with one attached hydrogen (secondary N) is 1. The van der Waals surface area contributed by atoms with Gasteiger partial charge >= 0.3 is 0 Å². The number of benzene rings is 3. The standard InChI is InChI=1S/C25H24N2O3S/c1-29-21-15-19-13-14-27(25(31)26-24(28)18-11-7-4-8-12-18)23(17-9-5-3-6-10-17)20(19)16-22(21)30-2/h3-12,15-16,23H,13-14H2,1-2H3,(H,26,28,31). The number of amides is 1. The Kier molecular flexibility index (Phi) is 6.18. The van der Waals surface area contributed by atoms with E-state index in [2.05, 4.69) is 22.3 Å². The molecule has 0 spiro atoms. The van der Waals surface area contributed by atoms with E-state index in [1.807, 2.05) is 48.5 Å². The summed E-state index contributed by atoms with van der Waals surface area (Å²) < 4.78 is 11.1. The minimum atomic E-state index is -0.212. The number of carbonyl (C=O) groups is 1. The second-order valence-electron chi connectivity index (χ2n) is 7.29. The summed E-state index contributed by atoms with van der Waals surface area (Å²) in [7, 11) is 3.27. The Morgan fingerprint density at radius 1 is 0.968 bits per heavy atom. The summed E-state index contributed by atoms with van der Waals surface area (Å²) in [6.07, 6.45) is 0.778. The van der Waals surface area contributed by atoms with E-state index in [0.717, 1.165) is 17.5 Å². The van der Waals surface area contributed by atoms with Crippen molar-refractivity contribution >= 4 is 23.2 Å². The molecule has 1 heterocycles. The third-order valence-electron chi connectivity index (χ3n) is 5.51. The van der Waals surface area contributed by atoms with Gasteiger partial charge in [-0.1, -0.05) is 48.5 Å². The molecule has 31 heavy (non-hydrogen) atoms. The smallest absolute Gasteiger partial charge is 0.257 e. The lowest BCUT2D eigenvalue weighted by atomic mass is 9.88. The predicted octanol–water partition coefficient (Wildman–Crippen LogP) is 4.37. The molecule has 0 radical (unpaired) electrons. The van der Waals surface area contributed by atoms with Crippen molar-refractivity contribution in [1.82, 2.24) is 10.2 Å². The monoisotopic (exact) mass is 432 g/mol. The van der Waals surface area contributed by atoms with Crippen LogP contribution in [-0.4, -0.2) is 36.7 Å². The molecule has 1 N–H and O–H groups in total. The molecule has 5 nitrogen and oxygen atoms in total. The van der Waals surface area contributed by atoms with Gasteiger partial charge < -0.3 is 14.4 Å². The molecule has 3 aromatic carbocycles. The first-order valence-corrected chi connectivity index (χ1v) is 10.5.